The smallest absolute Gasteiger partial charge is 0.249 e. The van der Waals surface area contributed by atoms with E-state index in [-0.39, 0.29) is 5.56 Å². The zero-order valence-electron chi connectivity index (χ0n) is 10.7. The van der Waals surface area contributed by atoms with E-state index < -0.39 is 0 Å². The average Bonchev–Trinajstić information content (AvgIpc) is 2.42. The summed E-state index contributed by atoms with van der Waals surface area (Å²) in [5.41, 5.74) is 0.338. The molecule has 19 heavy (non-hydrogen) atoms. The van der Waals surface area contributed by atoms with E-state index >= 15 is 0 Å². The fourth-order valence-electron chi connectivity index (χ4n) is 1.50. The Balaban J connectivity index is 1.88. The van der Waals surface area contributed by atoms with Gasteiger partial charge in [0.1, 0.15) is 5.65 Å². The molecule has 2 rings (SSSR count). The summed E-state index contributed by atoms with van der Waals surface area (Å²) in [5, 5.41) is 3.82. The second-order valence-corrected chi connectivity index (χ2v) is 3.85. The van der Waals surface area contributed by atoms with E-state index in [1.807, 2.05) is 0 Å². The number of aromatic amines is 1. The Bertz CT molecular complexity index is 584. The minimum Gasteiger partial charge on any atom is -0.382 e. The van der Waals surface area contributed by atoms with Crippen molar-refractivity contribution >= 4 is 17.0 Å². The third-order valence-corrected chi connectivity index (χ3v) is 2.43. The summed E-state index contributed by atoms with van der Waals surface area (Å²) in [6.45, 7) is 2.26. The van der Waals surface area contributed by atoms with Crippen LogP contribution < -0.4 is 10.9 Å². The number of ether oxygens (including phenoxy) is 2. The lowest BCUT2D eigenvalue weighted by atomic mass is 10.3. The van der Waals surface area contributed by atoms with Crippen LogP contribution in [0.2, 0.25) is 0 Å². The summed E-state index contributed by atoms with van der Waals surface area (Å²) in [7, 11) is 1.63. The summed E-state index contributed by atoms with van der Waals surface area (Å²) < 4.78 is 10.2. The largest absolute Gasteiger partial charge is 0.382 e. The van der Waals surface area contributed by atoms with Gasteiger partial charge in [0.2, 0.25) is 11.5 Å². The number of aromatic nitrogens is 3. The van der Waals surface area contributed by atoms with Crippen LogP contribution in [0.1, 0.15) is 0 Å². The number of nitrogens with one attached hydrogen (secondary N) is 2. The predicted octanol–water partition coefficient (Wildman–Crippen LogP) is 0.393. The van der Waals surface area contributed by atoms with Crippen molar-refractivity contribution in [1.29, 1.82) is 0 Å². The maximum absolute atomic E-state index is 11.2. The molecule has 2 N–H and O–H groups in total. The highest BCUT2D eigenvalue weighted by Gasteiger charge is 2.00. The van der Waals surface area contributed by atoms with Gasteiger partial charge in [-0.05, 0) is 6.07 Å². The topological polar surface area (TPSA) is 89.1 Å². The molecule has 0 amide bonds. The normalized spacial score (nSPS) is 10.8. The number of fused-ring (bicyclic) bond motifs is 1. The molecule has 0 saturated carbocycles. The number of H-pyrrole nitrogens is 1. The number of hydrogen-bond acceptors (Lipinski definition) is 6. The van der Waals surface area contributed by atoms with Gasteiger partial charge < -0.3 is 19.8 Å². The van der Waals surface area contributed by atoms with Gasteiger partial charge in [-0.1, -0.05) is 0 Å². The number of hydrogen-bond donors (Lipinski definition) is 2. The molecular formula is C12H16N4O3. The monoisotopic (exact) mass is 264 g/mol. The van der Waals surface area contributed by atoms with Gasteiger partial charge in [-0.2, -0.15) is 4.98 Å². The van der Waals surface area contributed by atoms with Gasteiger partial charge in [-0.15, -0.1) is 0 Å². The molecule has 102 valence electrons. The highest BCUT2D eigenvalue weighted by molar-refractivity contribution is 5.74. The lowest BCUT2D eigenvalue weighted by Gasteiger charge is -2.06. The zero-order valence-corrected chi connectivity index (χ0v) is 10.7. The molecule has 2 heterocycles. The van der Waals surface area contributed by atoms with Crippen molar-refractivity contribution in [3.05, 3.63) is 28.7 Å². The van der Waals surface area contributed by atoms with Gasteiger partial charge in [-0.25, -0.2) is 4.98 Å². The highest BCUT2D eigenvalue weighted by Crippen LogP contribution is 2.07. The maximum Gasteiger partial charge on any atom is 0.249 e. The van der Waals surface area contributed by atoms with E-state index in [2.05, 4.69) is 20.3 Å². The molecule has 7 heteroatoms. The molecule has 7 nitrogen and oxygen atoms in total. The van der Waals surface area contributed by atoms with Crippen molar-refractivity contribution in [3.63, 3.8) is 0 Å². The van der Waals surface area contributed by atoms with Crippen LogP contribution >= 0.6 is 0 Å². The minimum atomic E-state index is -0.181. The molecule has 0 aliphatic rings. The molecule has 0 atom stereocenters. The van der Waals surface area contributed by atoms with Crippen LogP contribution in [0, 0.1) is 0 Å². The first-order valence-electron chi connectivity index (χ1n) is 5.96. The first-order chi connectivity index (χ1) is 9.29. The highest BCUT2D eigenvalue weighted by atomic mass is 16.5. The van der Waals surface area contributed by atoms with Crippen LogP contribution in [0.3, 0.4) is 0 Å². The first-order valence-corrected chi connectivity index (χ1v) is 5.96. The average molecular weight is 264 g/mol. The van der Waals surface area contributed by atoms with Crippen molar-refractivity contribution in [2.24, 2.45) is 0 Å². The number of methoxy groups -OCH3 is 1. The summed E-state index contributed by atoms with van der Waals surface area (Å²) in [6, 6.07) is 3.13. The van der Waals surface area contributed by atoms with Crippen LogP contribution in [-0.2, 0) is 9.47 Å². The molecule has 0 aliphatic heterocycles. The molecule has 0 fully saturated rings. The van der Waals surface area contributed by atoms with Gasteiger partial charge in [0.05, 0.1) is 19.8 Å². The molecular weight excluding hydrogens is 248 g/mol. The van der Waals surface area contributed by atoms with Gasteiger partial charge in [0.25, 0.3) is 0 Å². The van der Waals surface area contributed by atoms with Crippen LogP contribution in [-0.4, -0.2) is 48.4 Å². The minimum absolute atomic E-state index is 0.181. The van der Waals surface area contributed by atoms with Crippen molar-refractivity contribution in [1.82, 2.24) is 15.0 Å². The molecule has 0 radical (unpaired) electrons. The molecule has 0 saturated heterocycles. The Labute approximate surface area is 110 Å². The quantitative estimate of drug-likeness (QED) is 0.703. The van der Waals surface area contributed by atoms with E-state index in [0.717, 1.165) is 5.39 Å². The van der Waals surface area contributed by atoms with Gasteiger partial charge in [0, 0.05) is 31.3 Å². The van der Waals surface area contributed by atoms with Crippen LogP contribution in [0.5, 0.6) is 0 Å². The lowest BCUT2D eigenvalue weighted by molar-refractivity contribution is 0.0759. The second kappa shape index (κ2) is 6.81. The molecule has 0 bridgehead atoms. The van der Waals surface area contributed by atoms with E-state index in [1.54, 1.807) is 19.4 Å². The number of anilines is 1. The fraction of sp³-hybridized carbons (Fsp3) is 0.417. The number of nitrogens with zero attached hydrogens (tertiary/aromatic N) is 2. The molecule has 2 aromatic heterocycles. The summed E-state index contributed by atoms with van der Waals surface area (Å²) in [5.74, 6) is 0.463. The molecule has 0 aromatic carbocycles. The molecule has 0 unspecified atom stereocenters. The summed E-state index contributed by atoms with van der Waals surface area (Å²) in [4.78, 5) is 22.2. The Kier molecular flexibility index (Phi) is 4.82. The summed E-state index contributed by atoms with van der Waals surface area (Å²) >= 11 is 0. The third-order valence-electron chi connectivity index (χ3n) is 2.43. The van der Waals surface area contributed by atoms with Crippen LogP contribution in [0.4, 0.5) is 5.95 Å². The van der Waals surface area contributed by atoms with E-state index in [4.69, 9.17) is 9.47 Å². The van der Waals surface area contributed by atoms with E-state index in [9.17, 15) is 4.79 Å². The first kappa shape index (κ1) is 13.4. The third kappa shape index (κ3) is 4.01. The SMILES string of the molecule is COCCOCCNc1ncc2ccc(=O)[nH]c2n1. The van der Waals surface area contributed by atoms with Crippen molar-refractivity contribution in [2.45, 2.75) is 0 Å². The Morgan fingerprint density at radius 2 is 2.21 bits per heavy atom. The Morgan fingerprint density at radius 3 is 3.05 bits per heavy atom. The second-order valence-electron chi connectivity index (χ2n) is 3.85. The Hall–Kier alpha value is -1.99. The van der Waals surface area contributed by atoms with Gasteiger partial charge in [-0.3, -0.25) is 4.79 Å². The van der Waals surface area contributed by atoms with E-state index in [1.165, 1.54) is 6.07 Å². The molecule has 2 aromatic rings. The summed E-state index contributed by atoms with van der Waals surface area (Å²) in [6.07, 6.45) is 1.66. The van der Waals surface area contributed by atoms with Crippen molar-refractivity contribution in [2.75, 3.05) is 38.8 Å². The van der Waals surface area contributed by atoms with E-state index in [0.29, 0.717) is 38.0 Å². The lowest BCUT2D eigenvalue weighted by Crippen LogP contribution is -2.14. The number of pyridine rings is 1. The number of rotatable bonds is 7. The predicted molar refractivity (Wildman–Crippen MR) is 71.3 cm³/mol. The maximum atomic E-state index is 11.2. The molecule has 0 spiro atoms. The van der Waals surface area contributed by atoms with Crippen molar-refractivity contribution < 1.29 is 9.47 Å². The zero-order chi connectivity index (χ0) is 13.5. The molecule has 0 aliphatic carbocycles. The van der Waals surface area contributed by atoms with Gasteiger partial charge in [0.15, 0.2) is 0 Å². The standard InChI is InChI=1S/C12H16N4O3/c1-18-6-7-19-5-4-13-12-14-8-9-2-3-10(17)15-11(9)16-12/h2-3,8H,4-7H2,1H3,(H2,13,14,15,16,17). The van der Waals surface area contributed by atoms with Crippen LogP contribution in [0.25, 0.3) is 11.0 Å². The van der Waals surface area contributed by atoms with Gasteiger partial charge >= 0.3 is 0 Å². The Morgan fingerprint density at radius 1 is 1.32 bits per heavy atom. The van der Waals surface area contributed by atoms with Crippen LogP contribution in [0.15, 0.2) is 23.1 Å². The fourth-order valence-corrected chi connectivity index (χ4v) is 1.50. The van der Waals surface area contributed by atoms with Crippen molar-refractivity contribution in [3.8, 4) is 0 Å².